The van der Waals surface area contributed by atoms with Gasteiger partial charge in [-0.3, -0.25) is 0 Å². The summed E-state index contributed by atoms with van der Waals surface area (Å²) in [6, 6.07) is 51.4. The Hall–Kier alpha value is -4.46. The highest BCUT2D eigenvalue weighted by atomic mass is 28.3. The minimum atomic E-state index is -2.54. The van der Waals surface area contributed by atoms with Gasteiger partial charge in [0, 0.05) is 5.92 Å². The maximum Gasteiger partial charge on any atom is 0.179 e. The molecule has 0 N–H and O–H groups in total. The first kappa shape index (κ1) is 23.6. The largest absolute Gasteiger partial charge is 0.179 e. The number of allylic oxidation sites excluding steroid dienone is 6. The van der Waals surface area contributed by atoms with Crippen LogP contribution in [0.25, 0.3) is 11.1 Å². The fraction of sp³-hybridized carbons (Fsp3) is 0.0526. The molecule has 0 bridgehead atoms. The molecular formula is C38H30Si. The Balaban J connectivity index is 1.45. The monoisotopic (exact) mass is 514 g/mol. The van der Waals surface area contributed by atoms with Crippen molar-refractivity contribution in [1.29, 1.82) is 0 Å². The van der Waals surface area contributed by atoms with Crippen LogP contribution in [0, 0.1) is 0 Å². The highest BCUT2D eigenvalue weighted by molar-refractivity contribution is 7.16. The van der Waals surface area contributed by atoms with Gasteiger partial charge in [0.1, 0.15) is 0 Å². The Labute approximate surface area is 232 Å². The highest BCUT2D eigenvalue weighted by Gasteiger charge is 2.42. The lowest BCUT2D eigenvalue weighted by Gasteiger charge is -2.35. The van der Waals surface area contributed by atoms with Crippen LogP contribution in [-0.2, 0) is 0 Å². The van der Waals surface area contributed by atoms with Gasteiger partial charge in [0.05, 0.1) is 0 Å². The lowest BCUT2D eigenvalue weighted by atomic mass is 9.87. The highest BCUT2D eigenvalue weighted by Crippen LogP contribution is 2.49. The number of hydrogen-bond acceptors (Lipinski definition) is 0. The predicted molar refractivity (Wildman–Crippen MR) is 168 cm³/mol. The normalized spacial score (nSPS) is 14.7. The maximum atomic E-state index is 2.45. The van der Waals surface area contributed by atoms with E-state index in [4.69, 9.17) is 0 Å². The van der Waals surface area contributed by atoms with E-state index in [9.17, 15) is 0 Å². The molecule has 5 aromatic carbocycles. The van der Waals surface area contributed by atoms with Gasteiger partial charge in [-0.25, -0.2) is 0 Å². The molecule has 7 rings (SSSR count). The second kappa shape index (κ2) is 10.0. The fourth-order valence-corrected chi connectivity index (χ4v) is 11.5. The van der Waals surface area contributed by atoms with Crippen molar-refractivity contribution in [2.75, 3.05) is 0 Å². The number of rotatable bonds is 5. The Morgan fingerprint density at radius 3 is 1.38 bits per heavy atom. The molecule has 1 heteroatoms. The lowest BCUT2D eigenvalue weighted by molar-refractivity contribution is 0.937. The second-order valence-electron chi connectivity index (χ2n) is 10.4. The third-order valence-corrected chi connectivity index (χ3v) is 13.2. The third kappa shape index (κ3) is 3.90. The van der Waals surface area contributed by atoms with Gasteiger partial charge in [-0.05, 0) is 49.4 Å². The minimum Gasteiger partial charge on any atom is -0.0805 e. The van der Waals surface area contributed by atoms with Crippen molar-refractivity contribution in [2.24, 2.45) is 0 Å². The standard InChI is InChI=1S/C38H30Si/c1-4-16-30(17-5-1)39(31-18-6-2-7-19-31,32-20-8-3-9-21-32)33-22-14-15-29(27-28-33)38-36-25-12-10-23-34(36)35-24-11-13-26-37(35)38/h1-14,16-28,38H,15H2. The molecule has 0 spiro atoms. The third-order valence-electron chi connectivity index (χ3n) is 8.39. The smallest absolute Gasteiger partial charge is 0.0805 e. The summed E-state index contributed by atoms with van der Waals surface area (Å²) in [5.74, 6) is 0.291. The Morgan fingerprint density at radius 1 is 0.462 bits per heavy atom. The zero-order valence-electron chi connectivity index (χ0n) is 21.9. The molecule has 0 nitrogen and oxygen atoms in total. The van der Waals surface area contributed by atoms with E-state index < -0.39 is 8.07 Å². The molecule has 39 heavy (non-hydrogen) atoms. The average Bonchev–Trinajstić information content (AvgIpc) is 3.15. The van der Waals surface area contributed by atoms with Crippen LogP contribution >= 0.6 is 0 Å². The zero-order chi connectivity index (χ0) is 26.1. The molecule has 5 aromatic rings. The topological polar surface area (TPSA) is 0 Å². The maximum absolute atomic E-state index is 2.54. The molecule has 0 amide bonds. The Morgan fingerprint density at radius 2 is 0.897 bits per heavy atom. The van der Waals surface area contributed by atoms with Gasteiger partial charge < -0.3 is 0 Å². The molecule has 2 aliphatic carbocycles. The number of benzene rings is 5. The first-order valence-electron chi connectivity index (χ1n) is 13.8. The number of fused-ring (bicyclic) bond motifs is 3. The summed E-state index contributed by atoms with van der Waals surface area (Å²) in [6.07, 6.45) is 10.7. The van der Waals surface area contributed by atoms with Crippen molar-refractivity contribution in [3.8, 4) is 11.1 Å². The van der Waals surface area contributed by atoms with Gasteiger partial charge in [0.25, 0.3) is 0 Å². The fourth-order valence-electron chi connectivity index (χ4n) is 6.73. The molecule has 0 saturated carbocycles. The summed E-state index contributed by atoms with van der Waals surface area (Å²) < 4.78 is 0. The van der Waals surface area contributed by atoms with Crippen molar-refractivity contribution in [3.63, 3.8) is 0 Å². The Bertz CT molecular complexity index is 1570. The van der Waals surface area contributed by atoms with E-state index in [2.05, 4.69) is 164 Å². The van der Waals surface area contributed by atoms with Crippen LogP contribution in [0.3, 0.4) is 0 Å². The van der Waals surface area contributed by atoms with E-state index in [1.165, 1.54) is 48.6 Å². The molecule has 0 aliphatic heterocycles. The lowest BCUT2D eigenvalue weighted by Crippen LogP contribution is -2.68. The zero-order valence-corrected chi connectivity index (χ0v) is 22.9. The van der Waals surface area contributed by atoms with Gasteiger partial charge in [-0.2, -0.15) is 0 Å². The SMILES string of the molecule is C1=CC([Si](c2ccccc2)(c2ccccc2)c2ccccc2)=CC=C(C2c3ccccc3-c3ccccc32)C1. The molecular weight excluding hydrogens is 485 g/mol. The first-order valence-corrected chi connectivity index (χ1v) is 15.8. The molecule has 0 unspecified atom stereocenters. The van der Waals surface area contributed by atoms with E-state index in [-0.39, 0.29) is 0 Å². The van der Waals surface area contributed by atoms with Crippen molar-refractivity contribution in [2.45, 2.75) is 12.3 Å². The van der Waals surface area contributed by atoms with E-state index in [1.54, 1.807) is 0 Å². The molecule has 0 saturated heterocycles. The van der Waals surface area contributed by atoms with Gasteiger partial charge in [0.2, 0.25) is 0 Å². The van der Waals surface area contributed by atoms with Crippen molar-refractivity contribution >= 4 is 23.6 Å². The van der Waals surface area contributed by atoms with Crippen LogP contribution in [0.15, 0.2) is 175 Å². The van der Waals surface area contributed by atoms with E-state index in [0.29, 0.717) is 5.92 Å². The summed E-state index contributed by atoms with van der Waals surface area (Å²) >= 11 is 0. The molecule has 186 valence electrons. The van der Waals surface area contributed by atoms with Crippen LogP contribution in [-0.4, -0.2) is 8.07 Å². The second-order valence-corrected chi connectivity index (χ2v) is 14.2. The van der Waals surface area contributed by atoms with Crippen LogP contribution in [0.5, 0.6) is 0 Å². The van der Waals surface area contributed by atoms with Crippen LogP contribution < -0.4 is 15.6 Å². The van der Waals surface area contributed by atoms with Gasteiger partial charge in [-0.1, -0.05) is 169 Å². The molecule has 0 fully saturated rings. The Kier molecular flexibility index (Phi) is 6.07. The molecule has 0 atom stereocenters. The molecule has 0 radical (unpaired) electrons. The summed E-state index contributed by atoms with van der Waals surface area (Å²) in [4.78, 5) is 0. The van der Waals surface area contributed by atoms with E-state index in [1.807, 2.05) is 0 Å². The van der Waals surface area contributed by atoms with Crippen LogP contribution in [0.2, 0.25) is 0 Å². The minimum absolute atomic E-state index is 0.291. The van der Waals surface area contributed by atoms with Crippen molar-refractivity contribution < 1.29 is 0 Å². The molecule has 0 aromatic heterocycles. The van der Waals surface area contributed by atoms with Crippen LogP contribution in [0.1, 0.15) is 23.5 Å². The molecule has 0 heterocycles. The van der Waals surface area contributed by atoms with Crippen molar-refractivity contribution in [3.05, 3.63) is 186 Å². The average molecular weight is 515 g/mol. The predicted octanol–water partition coefficient (Wildman–Crippen LogP) is 7.32. The summed E-state index contributed by atoms with van der Waals surface area (Å²) in [7, 11) is -2.54. The van der Waals surface area contributed by atoms with Crippen LogP contribution in [0.4, 0.5) is 0 Å². The van der Waals surface area contributed by atoms with Gasteiger partial charge in [-0.15, -0.1) is 0 Å². The van der Waals surface area contributed by atoms with Gasteiger partial charge >= 0.3 is 0 Å². The first-order chi connectivity index (χ1) is 19.4. The summed E-state index contributed by atoms with van der Waals surface area (Å²) in [5, 5.41) is 5.64. The summed E-state index contributed by atoms with van der Waals surface area (Å²) in [6.45, 7) is 0. The van der Waals surface area contributed by atoms with Gasteiger partial charge in [0.15, 0.2) is 8.07 Å². The number of hydrogen-bond donors (Lipinski definition) is 0. The van der Waals surface area contributed by atoms with E-state index >= 15 is 0 Å². The van der Waals surface area contributed by atoms with E-state index in [0.717, 1.165) is 6.42 Å². The summed E-state index contributed by atoms with van der Waals surface area (Å²) in [5.41, 5.74) is 7.05. The quantitative estimate of drug-likeness (QED) is 0.170. The van der Waals surface area contributed by atoms with Crippen molar-refractivity contribution in [1.82, 2.24) is 0 Å². The molecule has 2 aliphatic rings.